The smallest absolute Gasteiger partial charge is 0.326 e. The standard InChI is InChI=1S/C30H34N2O4/c1-30(2,3)26(29(35)36)32-27(33)22-11-8-20(9-12-22)21-14-16-25(17-15-21)31-28(34)24-13-10-19-6-4-5-7-23(19)18-24/h4-7,10,13-18,20,22,26H,8-9,11-12H2,1-3H3,(H,31,34)(H,32,33)(H,35,36)/t20-,22-,26-/m1/s1. The van der Waals surface area contributed by atoms with Crippen LogP contribution < -0.4 is 10.6 Å². The Morgan fingerprint density at radius 1 is 0.861 bits per heavy atom. The molecule has 4 rings (SSSR count). The van der Waals surface area contributed by atoms with Crippen LogP contribution >= 0.6 is 0 Å². The highest BCUT2D eigenvalue weighted by Crippen LogP contribution is 2.36. The van der Waals surface area contributed by atoms with Gasteiger partial charge in [0.15, 0.2) is 0 Å². The van der Waals surface area contributed by atoms with Crippen LogP contribution in [-0.2, 0) is 9.59 Å². The molecule has 0 unspecified atom stereocenters. The molecule has 0 aromatic heterocycles. The number of rotatable bonds is 6. The van der Waals surface area contributed by atoms with E-state index in [-0.39, 0.29) is 17.7 Å². The summed E-state index contributed by atoms with van der Waals surface area (Å²) in [6.07, 6.45) is 3.20. The second-order valence-electron chi connectivity index (χ2n) is 10.8. The second kappa shape index (κ2) is 10.5. The molecule has 188 valence electrons. The molecule has 0 bridgehead atoms. The van der Waals surface area contributed by atoms with Crippen molar-refractivity contribution in [2.24, 2.45) is 11.3 Å². The Balaban J connectivity index is 1.32. The first-order valence-electron chi connectivity index (χ1n) is 12.5. The zero-order valence-electron chi connectivity index (χ0n) is 21.1. The van der Waals surface area contributed by atoms with Gasteiger partial charge in [0, 0.05) is 17.2 Å². The molecule has 0 saturated heterocycles. The molecule has 0 heterocycles. The molecule has 6 heteroatoms. The number of carboxylic acids is 1. The summed E-state index contributed by atoms with van der Waals surface area (Å²) in [5.74, 6) is -1.13. The first-order chi connectivity index (χ1) is 17.1. The largest absolute Gasteiger partial charge is 0.480 e. The van der Waals surface area contributed by atoms with Gasteiger partial charge in [-0.15, -0.1) is 0 Å². The minimum Gasteiger partial charge on any atom is -0.480 e. The van der Waals surface area contributed by atoms with Gasteiger partial charge in [-0.05, 0) is 77.6 Å². The normalized spacial score (nSPS) is 18.9. The zero-order valence-corrected chi connectivity index (χ0v) is 21.1. The van der Waals surface area contributed by atoms with Crippen molar-refractivity contribution in [1.29, 1.82) is 0 Å². The number of anilines is 1. The molecule has 3 aromatic carbocycles. The maximum atomic E-state index is 12.7. The van der Waals surface area contributed by atoms with Crippen LogP contribution in [0.2, 0.25) is 0 Å². The molecule has 6 nitrogen and oxygen atoms in total. The van der Waals surface area contributed by atoms with Crippen molar-refractivity contribution < 1.29 is 19.5 Å². The van der Waals surface area contributed by atoms with E-state index < -0.39 is 17.4 Å². The molecule has 1 saturated carbocycles. The topological polar surface area (TPSA) is 95.5 Å². The van der Waals surface area contributed by atoms with Crippen LogP contribution in [0.4, 0.5) is 5.69 Å². The van der Waals surface area contributed by atoms with Crippen molar-refractivity contribution in [2.75, 3.05) is 5.32 Å². The number of carbonyl (C=O) groups is 3. The van der Waals surface area contributed by atoms with Crippen LogP contribution in [0.15, 0.2) is 66.7 Å². The van der Waals surface area contributed by atoms with Crippen molar-refractivity contribution in [3.05, 3.63) is 77.9 Å². The summed E-state index contributed by atoms with van der Waals surface area (Å²) in [5.41, 5.74) is 2.00. The lowest BCUT2D eigenvalue weighted by molar-refractivity contribution is -0.145. The van der Waals surface area contributed by atoms with Gasteiger partial charge in [-0.3, -0.25) is 9.59 Å². The minimum absolute atomic E-state index is 0.144. The molecule has 2 amide bonds. The highest BCUT2D eigenvalue weighted by atomic mass is 16.4. The van der Waals surface area contributed by atoms with Crippen molar-refractivity contribution in [1.82, 2.24) is 5.32 Å². The van der Waals surface area contributed by atoms with Gasteiger partial charge in [0.1, 0.15) is 6.04 Å². The fraction of sp³-hybridized carbons (Fsp3) is 0.367. The number of aliphatic carboxylic acids is 1. The minimum atomic E-state index is -1.00. The quantitative estimate of drug-likeness (QED) is 0.399. The number of benzene rings is 3. The van der Waals surface area contributed by atoms with E-state index >= 15 is 0 Å². The van der Waals surface area contributed by atoms with E-state index in [0.29, 0.717) is 11.5 Å². The van der Waals surface area contributed by atoms with Gasteiger partial charge in [0.05, 0.1) is 0 Å². The van der Waals surface area contributed by atoms with Gasteiger partial charge in [-0.2, -0.15) is 0 Å². The van der Waals surface area contributed by atoms with Gasteiger partial charge in [-0.1, -0.05) is 63.2 Å². The average Bonchev–Trinajstić information content (AvgIpc) is 2.86. The Morgan fingerprint density at radius 3 is 2.11 bits per heavy atom. The summed E-state index contributed by atoms with van der Waals surface area (Å²) in [6.45, 7) is 5.45. The van der Waals surface area contributed by atoms with Crippen LogP contribution in [0.3, 0.4) is 0 Å². The second-order valence-corrected chi connectivity index (χ2v) is 10.8. The first kappa shape index (κ1) is 25.4. The Morgan fingerprint density at radius 2 is 1.50 bits per heavy atom. The van der Waals surface area contributed by atoms with Crippen LogP contribution in [0.25, 0.3) is 10.8 Å². The molecule has 36 heavy (non-hydrogen) atoms. The monoisotopic (exact) mass is 486 g/mol. The molecular formula is C30H34N2O4. The first-order valence-corrected chi connectivity index (χ1v) is 12.5. The van der Waals surface area contributed by atoms with Crippen molar-refractivity contribution in [3.8, 4) is 0 Å². The highest BCUT2D eigenvalue weighted by Gasteiger charge is 2.35. The summed E-state index contributed by atoms with van der Waals surface area (Å²) < 4.78 is 0. The third kappa shape index (κ3) is 5.93. The molecule has 3 aromatic rings. The number of hydrogen-bond donors (Lipinski definition) is 3. The summed E-state index contributed by atoms with van der Waals surface area (Å²) in [7, 11) is 0. The molecule has 3 N–H and O–H groups in total. The van der Waals surface area contributed by atoms with E-state index in [1.165, 1.54) is 5.56 Å². The lowest BCUT2D eigenvalue weighted by Gasteiger charge is -2.32. The number of hydrogen-bond acceptors (Lipinski definition) is 3. The van der Waals surface area contributed by atoms with Crippen LogP contribution in [0, 0.1) is 11.3 Å². The van der Waals surface area contributed by atoms with Crippen LogP contribution in [0.1, 0.15) is 68.3 Å². The SMILES string of the molecule is CC(C)(C)[C@H](NC(=O)[C@H]1CC[C@H](c2ccc(NC(=O)c3ccc4ccccc4c3)cc2)CC1)C(=O)O. The highest BCUT2D eigenvalue weighted by molar-refractivity contribution is 6.06. The lowest BCUT2D eigenvalue weighted by Crippen LogP contribution is -2.51. The average molecular weight is 487 g/mol. The van der Waals surface area contributed by atoms with Crippen molar-refractivity contribution in [3.63, 3.8) is 0 Å². The van der Waals surface area contributed by atoms with Crippen molar-refractivity contribution in [2.45, 2.75) is 58.4 Å². The van der Waals surface area contributed by atoms with E-state index in [1.807, 2.05) is 87.5 Å². The molecule has 1 atom stereocenters. The van der Waals surface area contributed by atoms with E-state index in [0.717, 1.165) is 42.1 Å². The lowest BCUT2D eigenvalue weighted by atomic mass is 9.78. The molecule has 1 aliphatic carbocycles. The summed E-state index contributed by atoms with van der Waals surface area (Å²) in [6, 6.07) is 20.7. The van der Waals surface area contributed by atoms with Crippen LogP contribution in [-0.4, -0.2) is 28.9 Å². The fourth-order valence-corrected chi connectivity index (χ4v) is 4.97. The third-order valence-electron chi connectivity index (χ3n) is 7.15. The predicted molar refractivity (Wildman–Crippen MR) is 142 cm³/mol. The predicted octanol–water partition coefficient (Wildman–Crippen LogP) is 5.98. The molecule has 0 radical (unpaired) electrons. The zero-order chi connectivity index (χ0) is 25.9. The maximum Gasteiger partial charge on any atom is 0.326 e. The van der Waals surface area contributed by atoms with E-state index in [1.54, 1.807) is 0 Å². The van der Waals surface area contributed by atoms with Crippen molar-refractivity contribution >= 4 is 34.2 Å². The molecular weight excluding hydrogens is 452 g/mol. The van der Waals surface area contributed by atoms with Gasteiger partial charge < -0.3 is 15.7 Å². The number of nitrogens with one attached hydrogen (secondary N) is 2. The third-order valence-corrected chi connectivity index (χ3v) is 7.15. The van der Waals surface area contributed by atoms with Gasteiger partial charge >= 0.3 is 5.97 Å². The van der Waals surface area contributed by atoms with Gasteiger partial charge in [0.2, 0.25) is 5.91 Å². The molecule has 0 spiro atoms. The Kier molecular flexibility index (Phi) is 7.43. The summed E-state index contributed by atoms with van der Waals surface area (Å²) in [5, 5.41) is 17.3. The number of carbonyl (C=O) groups excluding carboxylic acids is 2. The maximum absolute atomic E-state index is 12.7. The Labute approximate surface area is 212 Å². The van der Waals surface area contributed by atoms with Gasteiger partial charge in [-0.25, -0.2) is 4.79 Å². The Bertz CT molecular complexity index is 1250. The van der Waals surface area contributed by atoms with Crippen LogP contribution in [0.5, 0.6) is 0 Å². The summed E-state index contributed by atoms with van der Waals surface area (Å²) in [4.78, 5) is 37.1. The van der Waals surface area contributed by atoms with E-state index in [4.69, 9.17) is 0 Å². The number of fused-ring (bicyclic) bond motifs is 1. The Hall–Kier alpha value is -3.67. The number of carboxylic acid groups (broad SMARTS) is 1. The fourth-order valence-electron chi connectivity index (χ4n) is 4.97. The van der Waals surface area contributed by atoms with E-state index in [2.05, 4.69) is 10.6 Å². The number of amides is 2. The van der Waals surface area contributed by atoms with E-state index in [9.17, 15) is 19.5 Å². The molecule has 0 aliphatic heterocycles. The molecule has 1 fully saturated rings. The summed E-state index contributed by atoms with van der Waals surface area (Å²) >= 11 is 0. The van der Waals surface area contributed by atoms with Gasteiger partial charge in [0.25, 0.3) is 5.91 Å². The molecule has 1 aliphatic rings.